The van der Waals surface area contributed by atoms with E-state index in [0.717, 1.165) is 50.7 Å². The highest BCUT2D eigenvalue weighted by Gasteiger charge is 2.52. The molecule has 3 saturated heterocycles. The fourth-order valence-electron chi connectivity index (χ4n) is 4.47. The summed E-state index contributed by atoms with van der Waals surface area (Å²) in [6.07, 6.45) is 1.37. The van der Waals surface area contributed by atoms with Crippen LogP contribution in [0.1, 0.15) is 19.8 Å². The first kappa shape index (κ1) is 20.0. The molecule has 3 aliphatic rings. The normalized spacial score (nSPS) is 23.0. The highest BCUT2D eigenvalue weighted by molar-refractivity contribution is 6.07. The summed E-state index contributed by atoms with van der Waals surface area (Å²) >= 11 is 0. The highest BCUT2D eigenvalue weighted by Crippen LogP contribution is 2.31. The molecule has 1 aromatic rings. The predicted molar refractivity (Wildman–Crippen MR) is 111 cm³/mol. The number of hydrogen-bond donors (Lipinski definition) is 1. The molecule has 0 unspecified atom stereocenters. The van der Waals surface area contributed by atoms with Gasteiger partial charge in [-0.15, -0.1) is 0 Å². The molecular formula is C21H31N5O3. The van der Waals surface area contributed by atoms with E-state index in [1.165, 1.54) is 4.90 Å². The van der Waals surface area contributed by atoms with Gasteiger partial charge in [0.05, 0.1) is 19.0 Å². The van der Waals surface area contributed by atoms with Gasteiger partial charge in [0.1, 0.15) is 11.3 Å². The standard InChI is InChI=1S/C21H31N5O3/c1-3-29-18-7-5-4-6-17(18)25-14-12-24(13-15-25)16-26-19(27)21(22-20(26)28)8-10-23(2)11-9-21/h4-7H,3,8-16H2,1-2H3,(H,22,28). The summed E-state index contributed by atoms with van der Waals surface area (Å²) in [6.45, 7) is 7.93. The van der Waals surface area contributed by atoms with Gasteiger partial charge in [-0.3, -0.25) is 9.69 Å². The Morgan fingerprint density at radius 3 is 2.41 bits per heavy atom. The summed E-state index contributed by atoms with van der Waals surface area (Å²) in [4.78, 5) is 33.7. The Labute approximate surface area is 172 Å². The van der Waals surface area contributed by atoms with E-state index in [0.29, 0.717) is 26.1 Å². The van der Waals surface area contributed by atoms with E-state index in [-0.39, 0.29) is 11.9 Å². The first-order valence-corrected chi connectivity index (χ1v) is 10.5. The molecule has 0 aliphatic carbocycles. The lowest BCUT2D eigenvalue weighted by molar-refractivity contribution is -0.134. The fourth-order valence-corrected chi connectivity index (χ4v) is 4.47. The zero-order valence-electron chi connectivity index (χ0n) is 17.4. The van der Waals surface area contributed by atoms with Crippen LogP contribution in [-0.2, 0) is 4.79 Å². The number of benzene rings is 1. The maximum absolute atomic E-state index is 13.0. The molecule has 0 saturated carbocycles. The average Bonchev–Trinajstić information content (AvgIpc) is 2.96. The number of anilines is 1. The molecule has 1 spiro atoms. The van der Waals surface area contributed by atoms with E-state index in [9.17, 15) is 9.59 Å². The predicted octanol–water partition coefficient (Wildman–Crippen LogP) is 1.18. The van der Waals surface area contributed by atoms with E-state index in [2.05, 4.69) is 33.1 Å². The number of imide groups is 1. The second kappa shape index (κ2) is 8.20. The van der Waals surface area contributed by atoms with Gasteiger partial charge in [0.25, 0.3) is 5.91 Å². The van der Waals surface area contributed by atoms with Gasteiger partial charge in [-0.1, -0.05) is 12.1 Å². The number of hydrogen-bond acceptors (Lipinski definition) is 6. The first-order valence-electron chi connectivity index (χ1n) is 10.5. The average molecular weight is 402 g/mol. The van der Waals surface area contributed by atoms with E-state index >= 15 is 0 Å². The van der Waals surface area contributed by atoms with Crippen molar-refractivity contribution in [2.45, 2.75) is 25.3 Å². The minimum atomic E-state index is -0.693. The maximum Gasteiger partial charge on any atom is 0.326 e. The summed E-state index contributed by atoms with van der Waals surface area (Å²) in [7, 11) is 2.05. The zero-order chi connectivity index (χ0) is 20.4. The van der Waals surface area contributed by atoms with Gasteiger partial charge in [0.15, 0.2) is 0 Å². The summed E-state index contributed by atoms with van der Waals surface area (Å²) in [5.74, 6) is 0.849. The van der Waals surface area contributed by atoms with Gasteiger partial charge in [-0.2, -0.15) is 0 Å². The lowest BCUT2D eigenvalue weighted by Crippen LogP contribution is -2.55. The molecule has 4 rings (SSSR count). The van der Waals surface area contributed by atoms with Crippen LogP contribution >= 0.6 is 0 Å². The summed E-state index contributed by atoms with van der Waals surface area (Å²) in [6, 6.07) is 7.85. The Morgan fingerprint density at radius 1 is 1.03 bits per heavy atom. The second-order valence-electron chi connectivity index (χ2n) is 8.20. The number of rotatable bonds is 5. The van der Waals surface area contributed by atoms with Crippen molar-refractivity contribution in [3.63, 3.8) is 0 Å². The van der Waals surface area contributed by atoms with E-state index in [1.807, 2.05) is 25.1 Å². The van der Waals surface area contributed by atoms with Gasteiger partial charge in [0.2, 0.25) is 0 Å². The van der Waals surface area contributed by atoms with Crippen molar-refractivity contribution in [3.8, 4) is 5.75 Å². The van der Waals surface area contributed by atoms with Gasteiger partial charge < -0.3 is 19.9 Å². The largest absolute Gasteiger partial charge is 0.492 e. The van der Waals surface area contributed by atoms with Crippen LogP contribution in [0.2, 0.25) is 0 Å². The third-order valence-electron chi connectivity index (χ3n) is 6.31. The minimum absolute atomic E-state index is 0.0558. The molecule has 0 radical (unpaired) electrons. The third-order valence-corrected chi connectivity index (χ3v) is 6.31. The molecule has 8 nitrogen and oxygen atoms in total. The summed E-state index contributed by atoms with van der Waals surface area (Å²) in [5, 5.41) is 2.99. The van der Waals surface area contributed by atoms with Gasteiger partial charge in [0, 0.05) is 39.3 Å². The molecule has 158 valence electrons. The zero-order valence-corrected chi connectivity index (χ0v) is 17.4. The number of piperidine rings is 1. The van der Waals surface area contributed by atoms with Crippen molar-refractivity contribution in [2.75, 3.05) is 64.5 Å². The smallest absolute Gasteiger partial charge is 0.326 e. The molecule has 3 amide bonds. The number of likely N-dealkylation sites (tertiary alicyclic amines) is 1. The number of ether oxygens (including phenoxy) is 1. The molecule has 3 heterocycles. The van der Waals surface area contributed by atoms with Crippen molar-refractivity contribution < 1.29 is 14.3 Å². The number of para-hydroxylation sites is 2. The van der Waals surface area contributed by atoms with E-state index in [1.54, 1.807) is 0 Å². The second-order valence-corrected chi connectivity index (χ2v) is 8.20. The van der Waals surface area contributed by atoms with E-state index < -0.39 is 5.54 Å². The van der Waals surface area contributed by atoms with Crippen molar-refractivity contribution in [1.29, 1.82) is 0 Å². The molecule has 0 atom stereocenters. The van der Waals surface area contributed by atoms with Crippen LogP contribution in [0.5, 0.6) is 5.75 Å². The summed E-state index contributed by atoms with van der Waals surface area (Å²) < 4.78 is 5.76. The van der Waals surface area contributed by atoms with Gasteiger partial charge in [-0.25, -0.2) is 9.69 Å². The van der Waals surface area contributed by atoms with Crippen molar-refractivity contribution in [3.05, 3.63) is 24.3 Å². The van der Waals surface area contributed by atoms with Crippen molar-refractivity contribution in [1.82, 2.24) is 20.0 Å². The number of nitrogens with one attached hydrogen (secondary N) is 1. The number of urea groups is 1. The quantitative estimate of drug-likeness (QED) is 0.748. The summed E-state index contributed by atoms with van der Waals surface area (Å²) in [5.41, 5.74) is 0.413. The van der Waals surface area contributed by atoms with Crippen LogP contribution in [0.25, 0.3) is 0 Å². The van der Waals surface area contributed by atoms with Gasteiger partial charge in [-0.05, 0) is 38.9 Å². The van der Waals surface area contributed by atoms with Crippen LogP contribution in [-0.4, -0.2) is 91.8 Å². The molecule has 0 aromatic heterocycles. The molecule has 3 fully saturated rings. The first-order chi connectivity index (χ1) is 14.0. The Hall–Kier alpha value is -2.32. The number of piperazine rings is 1. The Kier molecular flexibility index (Phi) is 5.65. The molecule has 29 heavy (non-hydrogen) atoms. The number of amides is 3. The molecule has 8 heteroatoms. The maximum atomic E-state index is 13.0. The van der Waals surface area contributed by atoms with Crippen LogP contribution in [0.15, 0.2) is 24.3 Å². The molecule has 3 aliphatic heterocycles. The Bertz CT molecular complexity index is 754. The molecule has 1 N–H and O–H groups in total. The fraction of sp³-hybridized carbons (Fsp3) is 0.619. The molecule has 0 bridgehead atoms. The van der Waals surface area contributed by atoms with Crippen LogP contribution in [0.3, 0.4) is 0 Å². The highest BCUT2D eigenvalue weighted by atomic mass is 16.5. The number of nitrogens with zero attached hydrogens (tertiary/aromatic N) is 4. The lowest BCUT2D eigenvalue weighted by atomic mass is 9.88. The molecular weight excluding hydrogens is 370 g/mol. The van der Waals surface area contributed by atoms with Crippen LogP contribution in [0.4, 0.5) is 10.5 Å². The Balaban J connectivity index is 1.35. The third kappa shape index (κ3) is 3.91. The topological polar surface area (TPSA) is 68.4 Å². The van der Waals surface area contributed by atoms with Crippen LogP contribution < -0.4 is 15.0 Å². The van der Waals surface area contributed by atoms with Gasteiger partial charge >= 0.3 is 6.03 Å². The SMILES string of the molecule is CCOc1ccccc1N1CCN(CN2C(=O)NC3(CCN(C)CC3)C2=O)CC1. The monoisotopic (exact) mass is 401 g/mol. The Morgan fingerprint density at radius 2 is 1.72 bits per heavy atom. The van der Waals surface area contributed by atoms with Crippen molar-refractivity contribution in [2.24, 2.45) is 0 Å². The lowest BCUT2D eigenvalue weighted by Gasteiger charge is -2.38. The number of carbonyl (C=O) groups excluding carboxylic acids is 2. The number of carbonyl (C=O) groups is 2. The minimum Gasteiger partial charge on any atom is -0.492 e. The van der Waals surface area contributed by atoms with Crippen molar-refractivity contribution >= 4 is 17.6 Å². The van der Waals surface area contributed by atoms with E-state index in [4.69, 9.17) is 4.74 Å². The van der Waals surface area contributed by atoms with Crippen LogP contribution in [0, 0.1) is 0 Å². The molecule has 1 aromatic carbocycles.